The number of carbonyl (C=O) groups is 1. The molecule has 0 saturated heterocycles. The Kier molecular flexibility index (Phi) is 3.47. The van der Waals surface area contributed by atoms with Gasteiger partial charge in [0.2, 0.25) is 0 Å². The third-order valence-electron chi connectivity index (χ3n) is 2.28. The van der Waals surface area contributed by atoms with E-state index in [0.29, 0.717) is 11.5 Å². The van der Waals surface area contributed by atoms with Crippen LogP contribution in [0.3, 0.4) is 0 Å². The Morgan fingerprint density at radius 1 is 1.67 bits per heavy atom. The average Bonchev–Trinajstić information content (AvgIpc) is 2.46. The van der Waals surface area contributed by atoms with Gasteiger partial charge in [0.05, 0.1) is 6.20 Å². The van der Waals surface area contributed by atoms with E-state index in [-0.39, 0.29) is 0 Å². The number of carboxylic acids is 1. The minimum Gasteiger partial charge on any atom is -0.480 e. The van der Waals surface area contributed by atoms with Gasteiger partial charge in [-0.15, -0.1) is 0 Å². The van der Waals surface area contributed by atoms with Crippen LogP contribution >= 0.6 is 0 Å². The number of rotatable bonds is 4. The zero-order valence-corrected chi connectivity index (χ0v) is 9.27. The summed E-state index contributed by atoms with van der Waals surface area (Å²) in [4.78, 5) is 10.7. The molecule has 3 N–H and O–H groups in total. The van der Waals surface area contributed by atoms with Crippen molar-refractivity contribution in [1.29, 1.82) is 0 Å². The summed E-state index contributed by atoms with van der Waals surface area (Å²) in [7, 11) is 0. The van der Waals surface area contributed by atoms with Crippen LogP contribution < -0.4 is 5.73 Å². The van der Waals surface area contributed by atoms with Gasteiger partial charge < -0.3 is 10.8 Å². The van der Waals surface area contributed by atoms with Crippen molar-refractivity contribution in [2.75, 3.05) is 0 Å². The summed E-state index contributed by atoms with van der Waals surface area (Å²) in [6.45, 7) is 6.78. The Bertz CT molecular complexity index is 358. The first-order chi connectivity index (χ1) is 6.93. The standard InChI is InChI=1S/C10H17N3O2/c1-6(2)5-13-7(3)8(4-12-13)9(11)10(14)15/h4,6,9H,5,11H2,1-3H3,(H,14,15). The highest BCUT2D eigenvalue weighted by Gasteiger charge is 2.19. The van der Waals surface area contributed by atoms with Gasteiger partial charge in [-0.2, -0.15) is 5.10 Å². The molecule has 0 aromatic carbocycles. The van der Waals surface area contributed by atoms with Gasteiger partial charge in [0.1, 0.15) is 6.04 Å². The second kappa shape index (κ2) is 4.44. The Morgan fingerprint density at radius 2 is 2.27 bits per heavy atom. The number of hydrogen-bond donors (Lipinski definition) is 2. The molecule has 0 aliphatic heterocycles. The third-order valence-corrected chi connectivity index (χ3v) is 2.28. The number of aliphatic carboxylic acids is 1. The van der Waals surface area contributed by atoms with E-state index in [2.05, 4.69) is 18.9 Å². The van der Waals surface area contributed by atoms with Crippen molar-refractivity contribution in [3.05, 3.63) is 17.5 Å². The van der Waals surface area contributed by atoms with E-state index in [1.54, 1.807) is 4.68 Å². The van der Waals surface area contributed by atoms with Crippen LogP contribution in [0.1, 0.15) is 31.1 Å². The summed E-state index contributed by atoms with van der Waals surface area (Å²) in [5.74, 6) is -0.556. The molecule has 1 atom stereocenters. The maximum atomic E-state index is 10.7. The van der Waals surface area contributed by atoms with Gasteiger partial charge >= 0.3 is 5.97 Å². The van der Waals surface area contributed by atoms with Crippen molar-refractivity contribution >= 4 is 5.97 Å². The summed E-state index contributed by atoms with van der Waals surface area (Å²) in [6, 6.07) is -0.981. The molecule has 0 aliphatic carbocycles. The molecule has 0 fully saturated rings. The molecule has 0 aliphatic rings. The van der Waals surface area contributed by atoms with Gasteiger partial charge in [0.15, 0.2) is 0 Å². The van der Waals surface area contributed by atoms with Gasteiger partial charge in [0.25, 0.3) is 0 Å². The molecule has 0 saturated carbocycles. The fourth-order valence-electron chi connectivity index (χ4n) is 1.43. The van der Waals surface area contributed by atoms with E-state index in [0.717, 1.165) is 12.2 Å². The first-order valence-corrected chi connectivity index (χ1v) is 4.94. The molecule has 5 heteroatoms. The molecular weight excluding hydrogens is 194 g/mol. The van der Waals surface area contributed by atoms with E-state index < -0.39 is 12.0 Å². The lowest BCUT2D eigenvalue weighted by Gasteiger charge is -2.09. The quantitative estimate of drug-likeness (QED) is 0.776. The molecule has 1 unspecified atom stereocenters. The van der Waals surface area contributed by atoms with E-state index >= 15 is 0 Å². The maximum absolute atomic E-state index is 10.7. The number of carboxylic acid groups (broad SMARTS) is 1. The van der Waals surface area contributed by atoms with Crippen LogP contribution in [0.15, 0.2) is 6.20 Å². The van der Waals surface area contributed by atoms with Crippen LogP contribution in [-0.4, -0.2) is 20.9 Å². The van der Waals surface area contributed by atoms with Crippen LogP contribution in [0.4, 0.5) is 0 Å². The predicted molar refractivity (Wildman–Crippen MR) is 56.4 cm³/mol. The maximum Gasteiger partial charge on any atom is 0.325 e. The topological polar surface area (TPSA) is 81.1 Å². The van der Waals surface area contributed by atoms with Crippen molar-refractivity contribution in [2.45, 2.75) is 33.4 Å². The SMILES string of the molecule is Cc1c(C(N)C(=O)O)cnn1CC(C)C. The van der Waals surface area contributed by atoms with Crippen molar-refractivity contribution in [3.8, 4) is 0 Å². The van der Waals surface area contributed by atoms with Crippen molar-refractivity contribution in [3.63, 3.8) is 0 Å². The van der Waals surface area contributed by atoms with E-state index in [1.807, 2.05) is 6.92 Å². The molecule has 15 heavy (non-hydrogen) atoms. The molecule has 0 amide bonds. The first-order valence-electron chi connectivity index (χ1n) is 4.94. The summed E-state index contributed by atoms with van der Waals surface area (Å²) >= 11 is 0. The Morgan fingerprint density at radius 3 is 2.73 bits per heavy atom. The minimum absolute atomic E-state index is 0.470. The van der Waals surface area contributed by atoms with Gasteiger partial charge in [0, 0.05) is 17.8 Å². The van der Waals surface area contributed by atoms with Gasteiger partial charge in [-0.3, -0.25) is 9.48 Å². The fourth-order valence-corrected chi connectivity index (χ4v) is 1.43. The molecule has 5 nitrogen and oxygen atoms in total. The Labute approximate surface area is 88.9 Å². The van der Waals surface area contributed by atoms with Crippen LogP contribution in [0.2, 0.25) is 0 Å². The molecule has 84 valence electrons. The molecule has 1 heterocycles. The van der Waals surface area contributed by atoms with Gasteiger partial charge in [-0.1, -0.05) is 13.8 Å². The van der Waals surface area contributed by atoms with Crippen LogP contribution in [0, 0.1) is 12.8 Å². The largest absolute Gasteiger partial charge is 0.480 e. The number of hydrogen-bond acceptors (Lipinski definition) is 3. The zero-order valence-electron chi connectivity index (χ0n) is 9.27. The summed E-state index contributed by atoms with van der Waals surface area (Å²) in [6.07, 6.45) is 1.54. The second-order valence-corrected chi connectivity index (χ2v) is 4.08. The first kappa shape index (κ1) is 11.7. The lowest BCUT2D eigenvalue weighted by Crippen LogP contribution is -2.21. The van der Waals surface area contributed by atoms with Gasteiger partial charge in [-0.25, -0.2) is 0 Å². The van der Waals surface area contributed by atoms with Crippen molar-refractivity contribution in [1.82, 2.24) is 9.78 Å². The lowest BCUT2D eigenvalue weighted by molar-refractivity contribution is -0.138. The zero-order chi connectivity index (χ0) is 11.6. The van der Waals surface area contributed by atoms with Gasteiger partial charge in [-0.05, 0) is 12.8 Å². The summed E-state index contributed by atoms with van der Waals surface area (Å²) in [5.41, 5.74) is 6.95. The average molecular weight is 211 g/mol. The lowest BCUT2D eigenvalue weighted by atomic mass is 10.1. The van der Waals surface area contributed by atoms with Crippen molar-refractivity contribution in [2.24, 2.45) is 11.7 Å². The molecule has 0 radical (unpaired) electrons. The van der Waals surface area contributed by atoms with Crippen LogP contribution in [0.5, 0.6) is 0 Å². The van der Waals surface area contributed by atoms with E-state index in [1.165, 1.54) is 6.20 Å². The third kappa shape index (κ3) is 2.56. The second-order valence-electron chi connectivity index (χ2n) is 4.08. The van der Waals surface area contributed by atoms with Crippen LogP contribution in [-0.2, 0) is 11.3 Å². The number of aromatic nitrogens is 2. The molecule has 1 aromatic heterocycles. The fraction of sp³-hybridized carbons (Fsp3) is 0.600. The predicted octanol–water partition coefficient (Wildman–Crippen LogP) is 0.932. The Balaban J connectivity index is 2.93. The van der Waals surface area contributed by atoms with Crippen LogP contribution in [0.25, 0.3) is 0 Å². The molecular formula is C10H17N3O2. The number of nitrogens with zero attached hydrogens (tertiary/aromatic N) is 2. The number of nitrogens with two attached hydrogens (primary N) is 1. The molecule has 0 spiro atoms. The summed E-state index contributed by atoms with van der Waals surface area (Å²) in [5, 5.41) is 12.9. The molecule has 1 aromatic rings. The highest BCUT2D eigenvalue weighted by Crippen LogP contribution is 2.16. The highest BCUT2D eigenvalue weighted by molar-refractivity contribution is 5.75. The van der Waals surface area contributed by atoms with E-state index in [9.17, 15) is 4.79 Å². The molecule has 0 bridgehead atoms. The smallest absolute Gasteiger partial charge is 0.325 e. The van der Waals surface area contributed by atoms with Crippen molar-refractivity contribution < 1.29 is 9.90 Å². The normalized spacial score (nSPS) is 13.1. The van der Waals surface area contributed by atoms with E-state index in [4.69, 9.17) is 10.8 Å². The monoisotopic (exact) mass is 211 g/mol. The summed E-state index contributed by atoms with van der Waals surface area (Å²) < 4.78 is 1.79. The minimum atomic E-state index is -1.03. The Hall–Kier alpha value is -1.36. The molecule has 1 rings (SSSR count). The highest BCUT2D eigenvalue weighted by atomic mass is 16.4.